The fourth-order valence-corrected chi connectivity index (χ4v) is 3.10. The Kier molecular flexibility index (Phi) is 5.15. The Bertz CT molecular complexity index is 725. The first-order valence-electron chi connectivity index (χ1n) is 7.80. The van der Waals surface area contributed by atoms with E-state index in [0.717, 1.165) is 30.9 Å². The number of hydrogen-bond donors (Lipinski definition) is 1. The largest absolute Gasteiger partial charge is 0.495 e. The molecule has 1 saturated heterocycles. The lowest BCUT2D eigenvalue weighted by molar-refractivity contribution is 0.0943. The molecular weight excluding hydrogens is 328 g/mol. The number of amides is 1. The minimum atomic E-state index is -0.266. The van der Waals surface area contributed by atoms with Crippen LogP contribution in [0, 0.1) is 5.92 Å². The van der Waals surface area contributed by atoms with Gasteiger partial charge in [-0.2, -0.15) is 0 Å². The minimum Gasteiger partial charge on any atom is -0.495 e. The number of carbonyl (C=O) groups is 1. The first-order valence-corrected chi connectivity index (χ1v) is 8.18. The summed E-state index contributed by atoms with van der Waals surface area (Å²) in [4.78, 5) is 22.1. The molecule has 0 bridgehead atoms. The van der Waals surface area contributed by atoms with Crippen LogP contribution in [0.3, 0.4) is 0 Å². The summed E-state index contributed by atoms with van der Waals surface area (Å²) in [6, 6.07) is 7.98. The van der Waals surface area contributed by atoms with Crippen LogP contribution in [0.4, 0.5) is 5.69 Å². The van der Waals surface area contributed by atoms with E-state index in [1.54, 1.807) is 7.11 Å². The SMILES string of the molecule is COc1ccccc1N1CC[C@H](CNC(=O)c2ncncc2Cl)C1. The van der Waals surface area contributed by atoms with Crippen molar-refractivity contribution < 1.29 is 9.53 Å². The fraction of sp³-hybridized carbons (Fsp3) is 0.353. The zero-order valence-corrected chi connectivity index (χ0v) is 14.2. The van der Waals surface area contributed by atoms with E-state index >= 15 is 0 Å². The number of para-hydroxylation sites is 2. The first-order chi connectivity index (χ1) is 11.7. The molecule has 126 valence electrons. The third-order valence-electron chi connectivity index (χ3n) is 4.15. The van der Waals surface area contributed by atoms with Gasteiger partial charge in [-0.3, -0.25) is 4.79 Å². The molecule has 0 aliphatic carbocycles. The van der Waals surface area contributed by atoms with E-state index in [0.29, 0.717) is 12.5 Å². The number of ether oxygens (including phenoxy) is 1. The van der Waals surface area contributed by atoms with Crippen molar-refractivity contribution in [2.24, 2.45) is 5.92 Å². The van der Waals surface area contributed by atoms with Crippen LogP contribution in [0.1, 0.15) is 16.9 Å². The van der Waals surface area contributed by atoms with E-state index in [2.05, 4.69) is 26.3 Å². The molecule has 2 heterocycles. The highest BCUT2D eigenvalue weighted by Crippen LogP contribution is 2.31. The number of nitrogens with zero attached hydrogens (tertiary/aromatic N) is 3. The van der Waals surface area contributed by atoms with Crippen LogP contribution >= 0.6 is 11.6 Å². The number of methoxy groups -OCH3 is 1. The van der Waals surface area contributed by atoms with Crippen molar-refractivity contribution in [2.75, 3.05) is 31.6 Å². The lowest BCUT2D eigenvalue weighted by Crippen LogP contribution is -2.31. The first kappa shape index (κ1) is 16.5. The standard InChI is InChI=1S/C17H19ClN4O2/c1-24-15-5-3-2-4-14(15)22-7-6-12(10-22)8-20-17(23)16-13(18)9-19-11-21-16/h2-5,9,11-12H,6-8,10H2,1H3,(H,20,23)/t12-/m1/s1. The van der Waals surface area contributed by atoms with Crippen LogP contribution in [0.15, 0.2) is 36.8 Å². The smallest absolute Gasteiger partial charge is 0.271 e. The molecule has 1 N–H and O–H groups in total. The predicted octanol–water partition coefficient (Wildman–Crippen LogP) is 2.39. The van der Waals surface area contributed by atoms with Crippen LogP contribution in [-0.2, 0) is 0 Å². The van der Waals surface area contributed by atoms with E-state index < -0.39 is 0 Å². The Morgan fingerprint density at radius 3 is 3.08 bits per heavy atom. The highest BCUT2D eigenvalue weighted by molar-refractivity contribution is 6.33. The van der Waals surface area contributed by atoms with Gasteiger partial charge in [0.05, 0.1) is 17.8 Å². The maximum Gasteiger partial charge on any atom is 0.271 e. The maximum absolute atomic E-state index is 12.2. The molecule has 0 unspecified atom stereocenters. The van der Waals surface area contributed by atoms with Crippen LogP contribution in [0.2, 0.25) is 5.02 Å². The third-order valence-corrected chi connectivity index (χ3v) is 4.42. The molecule has 1 fully saturated rings. The summed E-state index contributed by atoms with van der Waals surface area (Å²) in [5.74, 6) is 0.979. The quantitative estimate of drug-likeness (QED) is 0.900. The summed E-state index contributed by atoms with van der Waals surface area (Å²) >= 11 is 5.94. The second-order valence-electron chi connectivity index (χ2n) is 5.70. The Hall–Kier alpha value is -2.34. The molecule has 0 saturated carbocycles. The number of aromatic nitrogens is 2. The average molecular weight is 347 g/mol. The number of halogens is 1. The Morgan fingerprint density at radius 1 is 1.46 bits per heavy atom. The third kappa shape index (κ3) is 3.59. The molecule has 24 heavy (non-hydrogen) atoms. The van der Waals surface area contributed by atoms with Crippen molar-refractivity contribution in [3.63, 3.8) is 0 Å². The van der Waals surface area contributed by atoms with Crippen LogP contribution < -0.4 is 15.0 Å². The van der Waals surface area contributed by atoms with E-state index in [9.17, 15) is 4.79 Å². The van der Waals surface area contributed by atoms with E-state index in [-0.39, 0.29) is 16.6 Å². The lowest BCUT2D eigenvalue weighted by Gasteiger charge is -2.21. The normalized spacial score (nSPS) is 16.9. The summed E-state index contributed by atoms with van der Waals surface area (Å²) in [6.45, 7) is 2.40. The highest BCUT2D eigenvalue weighted by atomic mass is 35.5. The van der Waals surface area contributed by atoms with Gasteiger partial charge in [-0.15, -0.1) is 0 Å². The second kappa shape index (κ2) is 7.49. The Balaban J connectivity index is 1.57. The molecule has 2 aromatic rings. The van der Waals surface area contributed by atoms with Crippen LogP contribution in [0.25, 0.3) is 0 Å². The second-order valence-corrected chi connectivity index (χ2v) is 6.11. The average Bonchev–Trinajstić information content (AvgIpc) is 3.09. The van der Waals surface area contributed by atoms with Gasteiger partial charge in [0.15, 0.2) is 0 Å². The van der Waals surface area contributed by atoms with Crippen molar-refractivity contribution in [3.05, 3.63) is 47.5 Å². The maximum atomic E-state index is 12.2. The van der Waals surface area contributed by atoms with Gasteiger partial charge < -0.3 is 15.0 Å². The van der Waals surface area contributed by atoms with Gasteiger partial charge in [-0.05, 0) is 24.5 Å². The van der Waals surface area contributed by atoms with Gasteiger partial charge in [0.25, 0.3) is 5.91 Å². The zero-order chi connectivity index (χ0) is 16.9. The van der Waals surface area contributed by atoms with E-state index in [4.69, 9.17) is 16.3 Å². The van der Waals surface area contributed by atoms with Crippen molar-refractivity contribution >= 4 is 23.2 Å². The predicted molar refractivity (Wildman–Crippen MR) is 92.7 cm³/mol. The van der Waals surface area contributed by atoms with Gasteiger partial charge in [0, 0.05) is 25.8 Å². The molecule has 1 amide bonds. The summed E-state index contributed by atoms with van der Waals surface area (Å²) in [6.07, 6.45) is 3.75. The molecular formula is C17H19ClN4O2. The van der Waals surface area contributed by atoms with Gasteiger partial charge in [0.2, 0.25) is 0 Å². The summed E-state index contributed by atoms with van der Waals surface area (Å²) in [5, 5.41) is 3.17. The fourth-order valence-electron chi connectivity index (χ4n) is 2.91. The van der Waals surface area contributed by atoms with Crippen LogP contribution in [-0.4, -0.2) is 42.6 Å². The molecule has 1 aliphatic rings. The van der Waals surface area contributed by atoms with Gasteiger partial charge in [-0.25, -0.2) is 9.97 Å². The number of hydrogen-bond acceptors (Lipinski definition) is 5. The van der Waals surface area contributed by atoms with Crippen LogP contribution in [0.5, 0.6) is 5.75 Å². The van der Waals surface area contributed by atoms with Crippen molar-refractivity contribution in [2.45, 2.75) is 6.42 Å². The zero-order valence-electron chi connectivity index (χ0n) is 13.4. The Labute approximate surface area is 145 Å². The molecule has 6 nitrogen and oxygen atoms in total. The van der Waals surface area contributed by atoms with Gasteiger partial charge in [0.1, 0.15) is 17.8 Å². The number of anilines is 1. The summed E-state index contributed by atoms with van der Waals surface area (Å²) in [5.41, 5.74) is 1.30. The molecule has 1 atom stereocenters. The lowest BCUT2D eigenvalue weighted by atomic mass is 10.1. The van der Waals surface area contributed by atoms with Crippen molar-refractivity contribution in [1.29, 1.82) is 0 Å². The van der Waals surface area contributed by atoms with Gasteiger partial charge in [-0.1, -0.05) is 23.7 Å². The summed E-state index contributed by atoms with van der Waals surface area (Å²) < 4.78 is 5.42. The molecule has 1 aromatic carbocycles. The topological polar surface area (TPSA) is 67.3 Å². The molecule has 3 rings (SSSR count). The minimum absolute atomic E-state index is 0.214. The molecule has 0 spiro atoms. The van der Waals surface area contributed by atoms with Crippen molar-refractivity contribution in [3.8, 4) is 5.75 Å². The van der Waals surface area contributed by atoms with Gasteiger partial charge >= 0.3 is 0 Å². The number of carbonyl (C=O) groups excluding carboxylic acids is 1. The van der Waals surface area contributed by atoms with E-state index in [1.807, 2.05) is 18.2 Å². The highest BCUT2D eigenvalue weighted by Gasteiger charge is 2.25. The number of rotatable bonds is 5. The molecule has 7 heteroatoms. The molecule has 1 aliphatic heterocycles. The monoisotopic (exact) mass is 346 g/mol. The Morgan fingerprint density at radius 2 is 2.29 bits per heavy atom. The molecule has 1 aromatic heterocycles. The van der Waals surface area contributed by atoms with Crippen molar-refractivity contribution in [1.82, 2.24) is 15.3 Å². The molecule has 0 radical (unpaired) electrons. The number of benzene rings is 1. The number of nitrogens with one attached hydrogen (secondary N) is 1. The van der Waals surface area contributed by atoms with E-state index in [1.165, 1.54) is 12.5 Å². The summed E-state index contributed by atoms with van der Waals surface area (Å²) in [7, 11) is 1.68.